The first kappa shape index (κ1) is 14.0. The van der Waals surface area contributed by atoms with Gasteiger partial charge in [-0.1, -0.05) is 26.0 Å². The third-order valence-corrected chi connectivity index (χ3v) is 3.06. The van der Waals surface area contributed by atoms with Crippen molar-refractivity contribution in [3.05, 3.63) is 29.8 Å². The molecule has 0 bridgehead atoms. The van der Waals surface area contributed by atoms with Gasteiger partial charge in [-0.15, -0.1) is 0 Å². The van der Waals surface area contributed by atoms with Crippen molar-refractivity contribution in [1.29, 1.82) is 0 Å². The molecule has 0 amide bonds. The van der Waals surface area contributed by atoms with E-state index in [1.165, 1.54) is 37.2 Å². The van der Waals surface area contributed by atoms with Crippen LogP contribution in [0.2, 0.25) is 0 Å². The number of anilines is 1. The Morgan fingerprint density at radius 2 is 1.53 bits per heavy atom. The molecule has 17 heavy (non-hydrogen) atoms. The first-order valence-corrected chi connectivity index (χ1v) is 6.74. The second kappa shape index (κ2) is 7.33. The van der Waals surface area contributed by atoms with Gasteiger partial charge in [-0.2, -0.15) is 0 Å². The van der Waals surface area contributed by atoms with Crippen LogP contribution < -0.4 is 4.90 Å². The minimum absolute atomic E-state index is 1.12. The van der Waals surface area contributed by atoms with E-state index in [-0.39, 0.29) is 0 Å². The van der Waals surface area contributed by atoms with Crippen LogP contribution in [0, 0.1) is 0 Å². The lowest BCUT2D eigenvalue weighted by atomic mass is 10.2. The van der Waals surface area contributed by atoms with E-state index >= 15 is 0 Å². The van der Waals surface area contributed by atoms with Crippen LogP contribution in [-0.2, 0) is 6.54 Å². The third kappa shape index (κ3) is 4.39. The molecule has 0 radical (unpaired) electrons. The van der Waals surface area contributed by atoms with Crippen molar-refractivity contribution in [2.24, 2.45) is 0 Å². The monoisotopic (exact) mass is 234 g/mol. The summed E-state index contributed by atoms with van der Waals surface area (Å²) >= 11 is 0. The summed E-state index contributed by atoms with van der Waals surface area (Å²) in [6, 6.07) is 8.89. The summed E-state index contributed by atoms with van der Waals surface area (Å²) in [4.78, 5) is 4.67. The number of benzene rings is 1. The van der Waals surface area contributed by atoms with Gasteiger partial charge in [0.25, 0.3) is 0 Å². The molecule has 2 nitrogen and oxygen atoms in total. The highest BCUT2D eigenvalue weighted by molar-refractivity contribution is 5.45. The minimum Gasteiger partial charge on any atom is -0.378 e. The van der Waals surface area contributed by atoms with Crippen molar-refractivity contribution >= 4 is 5.69 Å². The van der Waals surface area contributed by atoms with Gasteiger partial charge < -0.3 is 4.90 Å². The Hall–Kier alpha value is -1.02. The zero-order valence-electron chi connectivity index (χ0n) is 11.7. The van der Waals surface area contributed by atoms with Crippen molar-refractivity contribution in [2.45, 2.75) is 33.2 Å². The molecule has 1 fully saturated rings. The summed E-state index contributed by atoms with van der Waals surface area (Å²) in [6.45, 7) is 7.67. The summed E-state index contributed by atoms with van der Waals surface area (Å²) in [7, 11) is 4.16. The van der Waals surface area contributed by atoms with Crippen LogP contribution >= 0.6 is 0 Å². The molecule has 1 saturated heterocycles. The maximum Gasteiger partial charge on any atom is 0.0361 e. The molecule has 1 aromatic carbocycles. The predicted octanol–water partition coefficient (Wildman–Crippen LogP) is 3.37. The van der Waals surface area contributed by atoms with E-state index in [0.717, 1.165) is 6.54 Å². The van der Waals surface area contributed by atoms with E-state index in [1.54, 1.807) is 0 Å². The van der Waals surface area contributed by atoms with E-state index in [0.29, 0.717) is 0 Å². The number of rotatable bonds is 3. The maximum atomic E-state index is 2.53. The fraction of sp³-hybridized carbons (Fsp3) is 0.600. The number of likely N-dealkylation sites (tertiary alicyclic amines) is 1. The molecule has 1 aliphatic heterocycles. The summed E-state index contributed by atoms with van der Waals surface area (Å²) in [5.74, 6) is 0. The average molecular weight is 234 g/mol. The van der Waals surface area contributed by atoms with Gasteiger partial charge in [0.15, 0.2) is 0 Å². The van der Waals surface area contributed by atoms with Crippen LogP contribution in [0.15, 0.2) is 24.3 Å². The van der Waals surface area contributed by atoms with Gasteiger partial charge >= 0.3 is 0 Å². The fourth-order valence-electron chi connectivity index (χ4n) is 2.10. The molecule has 1 aliphatic rings. The number of nitrogens with zero attached hydrogens (tertiary/aromatic N) is 2. The molecule has 1 aromatic rings. The van der Waals surface area contributed by atoms with Crippen molar-refractivity contribution in [2.75, 3.05) is 32.1 Å². The Balaban J connectivity index is 0.000000686. The zero-order chi connectivity index (χ0) is 12.7. The van der Waals surface area contributed by atoms with E-state index in [4.69, 9.17) is 0 Å². The minimum atomic E-state index is 1.12. The maximum absolute atomic E-state index is 2.53. The van der Waals surface area contributed by atoms with Crippen LogP contribution in [0.4, 0.5) is 5.69 Å². The van der Waals surface area contributed by atoms with Gasteiger partial charge in [0.1, 0.15) is 0 Å². The van der Waals surface area contributed by atoms with Crippen LogP contribution in [-0.4, -0.2) is 32.1 Å². The van der Waals surface area contributed by atoms with Crippen molar-refractivity contribution in [3.8, 4) is 0 Å². The molecule has 0 unspecified atom stereocenters. The summed E-state index contributed by atoms with van der Waals surface area (Å²) in [5, 5.41) is 0. The quantitative estimate of drug-likeness (QED) is 0.791. The SMILES string of the molecule is CC.CN(C)c1ccc(CN2CCCC2)cc1. The van der Waals surface area contributed by atoms with Gasteiger partial charge in [0.05, 0.1) is 0 Å². The molecule has 1 heterocycles. The normalized spacial score (nSPS) is 15.3. The van der Waals surface area contributed by atoms with E-state index < -0.39 is 0 Å². The van der Waals surface area contributed by atoms with Gasteiger partial charge in [-0.25, -0.2) is 0 Å². The molecule has 2 heteroatoms. The van der Waals surface area contributed by atoms with E-state index in [2.05, 4.69) is 48.2 Å². The molecule has 0 spiro atoms. The van der Waals surface area contributed by atoms with Gasteiger partial charge in [-0.3, -0.25) is 4.90 Å². The topological polar surface area (TPSA) is 6.48 Å². The lowest BCUT2D eigenvalue weighted by molar-refractivity contribution is 0.331. The zero-order valence-corrected chi connectivity index (χ0v) is 11.7. The Kier molecular flexibility index (Phi) is 6.06. The highest BCUT2D eigenvalue weighted by atomic mass is 15.1. The highest BCUT2D eigenvalue weighted by Gasteiger charge is 2.11. The van der Waals surface area contributed by atoms with Crippen molar-refractivity contribution in [3.63, 3.8) is 0 Å². The second-order valence-electron chi connectivity index (χ2n) is 4.54. The summed E-state index contributed by atoms with van der Waals surface area (Å²) < 4.78 is 0. The molecule has 0 atom stereocenters. The van der Waals surface area contributed by atoms with Gasteiger partial charge in [0, 0.05) is 26.3 Å². The Labute approximate surface area is 106 Å². The predicted molar refractivity (Wildman–Crippen MR) is 76.6 cm³/mol. The Morgan fingerprint density at radius 3 is 2.00 bits per heavy atom. The van der Waals surface area contributed by atoms with Crippen LogP contribution in [0.5, 0.6) is 0 Å². The Bertz CT molecular complexity index is 297. The third-order valence-electron chi connectivity index (χ3n) is 3.06. The molecule has 96 valence electrons. The lowest BCUT2D eigenvalue weighted by Gasteiger charge is -2.16. The molecular weight excluding hydrogens is 208 g/mol. The molecule has 0 N–H and O–H groups in total. The number of hydrogen-bond donors (Lipinski definition) is 0. The molecule has 0 aromatic heterocycles. The van der Waals surface area contributed by atoms with E-state index in [1.807, 2.05) is 13.8 Å². The largest absolute Gasteiger partial charge is 0.378 e. The number of hydrogen-bond acceptors (Lipinski definition) is 2. The van der Waals surface area contributed by atoms with Gasteiger partial charge in [0.2, 0.25) is 0 Å². The van der Waals surface area contributed by atoms with Crippen molar-refractivity contribution < 1.29 is 0 Å². The van der Waals surface area contributed by atoms with Crippen LogP contribution in [0.1, 0.15) is 32.3 Å². The molecular formula is C15H26N2. The summed E-state index contributed by atoms with van der Waals surface area (Å²) in [6.07, 6.45) is 2.74. The van der Waals surface area contributed by atoms with Crippen LogP contribution in [0.25, 0.3) is 0 Å². The molecule has 2 rings (SSSR count). The molecule has 0 saturated carbocycles. The first-order valence-electron chi connectivity index (χ1n) is 6.74. The second-order valence-corrected chi connectivity index (χ2v) is 4.54. The lowest BCUT2D eigenvalue weighted by Crippen LogP contribution is -2.18. The van der Waals surface area contributed by atoms with E-state index in [9.17, 15) is 0 Å². The smallest absolute Gasteiger partial charge is 0.0361 e. The molecule has 0 aliphatic carbocycles. The van der Waals surface area contributed by atoms with Gasteiger partial charge in [-0.05, 0) is 43.6 Å². The standard InChI is InChI=1S/C13H20N2.C2H6/c1-14(2)13-7-5-12(6-8-13)11-15-9-3-4-10-15;1-2/h5-8H,3-4,9-11H2,1-2H3;1-2H3. The van der Waals surface area contributed by atoms with Crippen LogP contribution in [0.3, 0.4) is 0 Å². The Morgan fingerprint density at radius 1 is 1.00 bits per heavy atom. The summed E-state index contributed by atoms with van der Waals surface area (Å²) in [5.41, 5.74) is 2.71. The average Bonchev–Trinajstić information content (AvgIpc) is 2.85. The van der Waals surface area contributed by atoms with Crippen molar-refractivity contribution in [1.82, 2.24) is 4.90 Å². The fourth-order valence-corrected chi connectivity index (χ4v) is 2.10. The highest BCUT2D eigenvalue weighted by Crippen LogP contribution is 2.16. The first-order chi connectivity index (χ1) is 8.25.